The van der Waals surface area contributed by atoms with Gasteiger partial charge in [0.1, 0.15) is 5.75 Å². The first kappa shape index (κ1) is 15.7. The van der Waals surface area contributed by atoms with E-state index < -0.39 is 0 Å². The molecule has 0 aromatic heterocycles. The van der Waals surface area contributed by atoms with Crippen molar-refractivity contribution in [2.75, 3.05) is 30.1 Å². The Hall–Kier alpha value is -1.20. The molecule has 1 N–H and O–H groups in total. The van der Waals surface area contributed by atoms with E-state index >= 15 is 0 Å². The first-order valence-electron chi connectivity index (χ1n) is 8.08. The van der Waals surface area contributed by atoms with Crippen LogP contribution in [0.2, 0.25) is 0 Å². The number of nitrogens with one attached hydrogen (secondary N) is 1. The van der Waals surface area contributed by atoms with E-state index in [0.717, 1.165) is 30.8 Å². The van der Waals surface area contributed by atoms with Crippen molar-refractivity contribution in [1.29, 1.82) is 0 Å². The van der Waals surface area contributed by atoms with Crippen LogP contribution in [0.5, 0.6) is 5.75 Å². The van der Waals surface area contributed by atoms with E-state index in [1.165, 1.54) is 24.3 Å². The number of rotatable bonds is 4. The maximum absolute atomic E-state index is 12.9. The van der Waals surface area contributed by atoms with E-state index in [2.05, 4.69) is 5.32 Å². The predicted octanol–water partition coefficient (Wildman–Crippen LogP) is 2.68. The number of amides is 1. The summed E-state index contributed by atoms with van der Waals surface area (Å²) in [5, 5.41) is 3.60. The standard InChI is InChI=1S/C17H24N2O2S/c1-21-16-7-3-2-6-15(16)19-10-4-5-14(17(19)20)18-13-8-11-22-12-9-13/h2-3,6-7,13-14,18H,4-5,8-12H2,1H3/t14-/m1/s1. The maximum atomic E-state index is 12.9. The Labute approximate surface area is 136 Å². The average Bonchev–Trinajstić information content (AvgIpc) is 2.58. The third kappa shape index (κ3) is 3.41. The molecule has 2 fully saturated rings. The Morgan fingerprint density at radius 3 is 2.77 bits per heavy atom. The quantitative estimate of drug-likeness (QED) is 0.926. The molecule has 2 aliphatic rings. The average molecular weight is 320 g/mol. The zero-order chi connectivity index (χ0) is 15.4. The van der Waals surface area contributed by atoms with Gasteiger partial charge in [-0.25, -0.2) is 0 Å². The van der Waals surface area contributed by atoms with Gasteiger partial charge in [-0.05, 0) is 49.3 Å². The van der Waals surface area contributed by atoms with Crippen LogP contribution in [0.25, 0.3) is 0 Å². The summed E-state index contributed by atoms with van der Waals surface area (Å²) in [5.74, 6) is 3.36. The number of carbonyl (C=O) groups is 1. The molecule has 3 rings (SSSR count). The summed E-state index contributed by atoms with van der Waals surface area (Å²) in [6.45, 7) is 0.776. The zero-order valence-electron chi connectivity index (χ0n) is 13.1. The van der Waals surface area contributed by atoms with Crippen molar-refractivity contribution in [2.24, 2.45) is 0 Å². The van der Waals surface area contributed by atoms with E-state index in [-0.39, 0.29) is 11.9 Å². The monoisotopic (exact) mass is 320 g/mol. The van der Waals surface area contributed by atoms with Crippen molar-refractivity contribution < 1.29 is 9.53 Å². The highest BCUT2D eigenvalue weighted by molar-refractivity contribution is 7.99. The molecule has 4 nitrogen and oxygen atoms in total. The number of nitrogens with zero attached hydrogens (tertiary/aromatic N) is 1. The second kappa shape index (κ2) is 7.38. The summed E-state index contributed by atoms with van der Waals surface area (Å²) in [6.07, 6.45) is 4.31. The van der Waals surface area contributed by atoms with Crippen LogP contribution in [-0.4, -0.2) is 43.2 Å². The number of hydrogen-bond donors (Lipinski definition) is 1. The van der Waals surface area contributed by atoms with Gasteiger partial charge >= 0.3 is 0 Å². The third-order valence-corrected chi connectivity index (χ3v) is 5.52. The topological polar surface area (TPSA) is 41.6 Å². The van der Waals surface area contributed by atoms with Gasteiger partial charge in [0.15, 0.2) is 0 Å². The summed E-state index contributed by atoms with van der Waals surface area (Å²) in [6, 6.07) is 8.22. The summed E-state index contributed by atoms with van der Waals surface area (Å²) >= 11 is 2.01. The summed E-state index contributed by atoms with van der Waals surface area (Å²) in [7, 11) is 1.66. The molecule has 1 aromatic carbocycles. The minimum absolute atomic E-state index is 0.0493. The highest BCUT2D eigenvalue weighted by atomic mass is 32.2. The van der Waals surface area contributed by atoms with Crippen LogP contribution >= 0.6 is 11.8 Å². The SMILES string of the molecule is COc1ccccc1N1CCC[C@@H](NC2CCSCC2)C1=O. The summed E-state index contributed by atoms with van der Waals surface area (Å²) in [4.78, 5) is 14.8. The lowest BCUT2D eigenvalue weighted by Gasteiger charge is -2.36. The van der Waals surface area contributed by atoms with Crippen molar-refractivity contribution in [2.45, 2.75) is 37.8 Å². The predicted molar refractivity (Wildman–Crippen MR) is 91.9 cm³/mol. The highest BCUT2D eigenvalue weighted by Gasteiger charge is 2.32. The minimum atomic E-state index is -0.0493. The number of piperidine rings is 1. The molecule has 2 heterocycles. The van der Waals surface area contributed by atoms with Gasteiger partial charge in [0, 0.05) is 12.6 Å². The van der Waals surface area contributed by atoms with Gasteiger partial charge in [0.2, 0.25) is 5.91 Å². The molecule has 0 saturated carbocycles. The van der Waals surface area contributed by atoms with Crippen LogP contribution < -0.4 is 15.0 Å². The first-order valence-corrected chi connectivity index (χ1v) is 9.23. The Morgan fingerprint density at radius 2 is 2.00 bits per heavy atom. The van der Waals surface area contributed by atoms with Gasteiger partial charge in [-0.3, -0.25) is 4.79 Å². The lowest BCUT2D eigenvalue weighted by Crippen LogP contribution is -2.54. The normalized spacial score (nSPS) is 23.6. The Morgan fingerprint density at radius 1 is 1.23 bits per heavy atom. The van der Waals surface area contributed by atoms with Crippen molar-refractivity contribution in [3.8, 4) is 5.75 Å². The van der Waals surface area contributed by atoms with Crippen LogP contribution in [0.1, 0.15) is 25.7 Å². The number of methoxy groups -OCH3 is 1. The number of anilines is 1. The second-order valence-corrected chi connectivity index (χ2v) is 7.13. The van der Waals surface area contributed by atoms with Gasteiger partial charge in [-0.1, -0.05) is 12.1 Å². The van der Waals surface area contributed by atoms with Gasteiger partial charge in [-0.15, -0.1) is 0 Å². The lowest BCUT2D eigenvalue weighted by atomic mass is 10.0. The highest BCUT2D eigenvalue weighted by Crippen LogP contribution is 2.31. The van der Waals surface area contributed by atoms with Crippen molar-refractivity contribution in [3.05, 3.63) is 24.3 Å². The van der Waals surface area contributed by atoms with Crippen LogP contribution in [0.15, 0.2) is 24.3 Å². The molecule has 22 heavy (non-hydrogen) atoms. The number of carbonyl (C=O) groups excluding carboxylic acids is 1. The van der Waals surface area contributed by atoms with Gasteiger partial charge in [0.05, 0.1) is 18.8 Å². The molecular weight excluding hydrogens is 296 g/mol. The van der Waals surface area contributed by atoms with E-state index in [1.54, 1.807) is 7.11 Å². The zero-order valence-corrected chi connectivity index (χ0v) is 13.9. The first-order chi connectivity index (χ1) is 10.8. The molecule has 1 amide bonds. The van der Waals surface area contributed by atoms with Gasteiger partial charge in [-0.2, -0.15) is 11.8 Å². The maximum Gasteiger partial charge on any atom is 0.244 e. The molecule has 0 aliphatic carbocycles. The fraction of sp³-hybridized carbons (Fsp3) is 0.588. The third-order valence-electron chi connectivity index (χ3n) is 4.47. The fourth-order valence-corrected chi connectivity index (χ4v) is 4.38. The van der Waals surface area contributed by atoms with Crippen LogP contribution in [-0.2, 0) is 4.79 Å². The number of benzene rings is 1. The van der Waals surface area contributed by atoms with Crippen LogP contribution in [0.4, 0.5) is 5.69 Å². The Bertz CT molecular complexity index is 517. The Kier molecular flexibility index (Phi) is 5.26. The molecule has 0 spiro atoms. The van der Waals surface area contributed by atoms with Crippen molar-refractivity contribution in [3.63, 3.8) is 0 Å². The molecule has 0 radical (unpaired) electrons. The van der Waals surface area contributed by atoms with E-state index in [0.29, 0.717) is 6.04 Å². The van der Waals surface area contributed by atoms with Gasteiger partial charge < -0.3 is 15.0 Å². The van der Waals surface area contributed by atoms with E-state index in [1.807, 2.05) is 40.9 Å². The molecule has 1 aromatic rings. The number of para-hydroxylation sites is 2. The molecule has 5 heteroatoms. The summed E-state index contributed by atoms with van der Waals surface area (Å²) < 4.78 is 5.42. The minimum Gasteiger partial charge on any atom is -0.495 e. The number of thioether (sulfide) groups is 1. The Balaban J connectivity index is 1.72. The van der Waals surface area contributed by atoms with E-state index in [4.69, 9.17) is 4.74 Å². The fourth-order valence-electron chi connectivity index (χ4n) is 3.27. The molecule has 0 bridgehead atoms. The number of hydrogen-bond acceptors (Lipinski definition) is 4. The molecule has 1 atom stereocenters. The molecular formula is C17H24N2O2S. The molecule has 2 saturated heterocycles. The molecule has 120 valence electrons. The molecule has 2 aliphatic heterocycles. The smallest absolute Gasteiger partial charge is 0.244 e. The van der Waals surface area contributed by atoms with E-state index in [9.17, 15) is 4.79 Å². The largest absolute Gasteiger partial charge is 0.495 e. The van der Waals surface area contributed by atoms with Crippen molar-refractivity contribution in [1.82, 2.24) is 5.32 Å². The van der Waals surface area contributed by atoms with Crippen molar-refractivity contribution >= 4 is 23.4 Å². The number of ether oxygens (including phenoxy) is 1. The van der Waals surface area contributed by atoms with Gasteiger partial charge in [0.25, 0.3) is 0 Å². The molecule has 0 unspecified atom stereocenters. The summed E-state index contributed by atoms with van der Waals surface area (Å²) in [5.41, 5.74) is 0.890. The van der Waals surface area contributed by atoms with Crippen LogP contribution in [0.3, 0.4) is 0 Å². The lowest BCUT2D eigenvalue weighted by molar-refractivity contribution is -0.122. The second-order valence-electron chi connectivity index (χ2n) is 5.91. The van der Waals surface area contributed by atoms with Crippen LogP contribution in [0, 0.1) is 0 Å².